The molecule has 0 spiro atoms. The Hall–Kier alpha value is -0.0800. The van der Waals surface area contributed by atoms with E-state index in [4.69, 9.17) is 4.74 Å². The molecule has 1 N–H and O–H groups in total. The smallest absolute Gasteiger partial charge is 0.0748 e. The minimum Gasteiger partial charge on any atom is -0.375 e. The second-order valence-corrected chi connectivity index (χ2v) is 4.50. The van der Waals surface area contributed by atoms with Crippen LogP contribution in [0.2, 0.25) is 0 Å². The van der Waals surface area contributed by atoms with Gasteiger partial charge in [-0.3, -0.25) is 0 Å². The molecule has 0 saturated carbocycles. The van der Waals surface area contributed by atoms with Gasteiger partial charge in [-0.25, -0.2) is 0 Å². The van der Waals surface area contributed by atoms with Crippen LogP contribution in [-0.2, 0) is 4.74 Å². The van der Waals surface area contributed by atoms with E-state index >= 15 is 0 Å². The molecule has 2 heteroatoms. The lowest BCUT2D eigenvalue weighted by molar-refractivity contribution is -0.0508. The van der Waals surface area contributed by atoms with Crippen LogP contribution in [0.5, 0.6) is 0 Å². The number of hydrogen-bond acceptors (Lipinski definition) is 2. The molecule has 1 heterocycles. The van der Waals surface area contributed by atoms with Gasteiger partial charge < -0.3 is 10.1 Å². The van der Waals surface area contributed by atoms with E-state index in [0.29, 0.717) is 12.1 Å². The summed E-state index contributed by atoms with van der Waals surface area (Å²) < 4.78 is 5.69. The molecule has 1 rings (SSSR count). The fraction of sp³-hybridized carbons (Fsp3) is 1.00. The molecule has 66 valence electrons. The molecule has 0 aromatic carbocycles. The van der Waals surface area contributed by atoms with Crippen molar-refractivity contribution in [3.63, 3.8) is 0 Å². The molecule has 11 heavy (non-hydrogen) atoms. The van der Waals surface area contributed by atoms with Crippen molar-refractivity contribution in [3.8, 4) is 0 Å². The summed E-state index contributed by atoms with van der Waals surface area (Å²) in [6.07, 6.45) is 0.374. The number of rotatable bonds is 0. The zero-order chi connectivity index (χ0) is 8.48. The summed E-state index contributed by atoms with van der Waals surface area (Å²) in [5.74, 6) is 0. The normalized spacial score (nSPS) is 33.8. The molecule has 1 aliphatic heterocycles. The van der Waals surface area contributed by atoms with Crippen molar-refractivity contribution >= 4 is 0 Å². The maximum absolute atomic E-state index is 5.69. The molecule has 2 unspecified atom stereocenters. The van der Waals surface area contributed by atoms with E-state index in [1.54, 1.807) is 0 Å². The summed E-state index contributed by atoms with van der Waals surface area (Å²) in [6.45, 7) is 10.6. The monoisotopic (exact) mass is 157 g/mol. The molecule has 2 atom stereocenters. The van der Waals surface area contributed by atoms with E-state index in [1.807, 2.05) is 0 Å². The van der Waals surface area contributed by atoms with Crippen molar-refractivity contribution in [1.29, 1.82) is 0 Å². The summed E-state index contributed by atoms with van der Waals surface area (Å²) in [7, 11) is 0. The average molecular weight is 157 g/mol. The Morgan fingerprint density at radius 1 is 1.36 bits per heavy atom. The molecule has 0 bridgehead atoms. The highest BCUT2D eigenvalue weighted by molar-refractivity contribution is 4.81. The SMILES string of the molecule is CC1COC(C(C)(C)C)CN1. The molecule has 0 amide bonds. The predicted octanol–water partition coefficient (Wildman–Crippen LogP) is 1.41. The molecule has 0 aromatic rings. The summed E-state index contributed by atoms with van der Waals surface area (Å²) in [4.78, 5) is 0. The Labute approximate surface area is 69.3 Å². The third-order valence-corrected chi connectivity index (χ3v) is 2.17. The van der Waals surface area contributed by atoms with Crippen LogP contribution in [0.3, 0.4) is 0 Å². The third kappa shape index (κ3) is 2.46. The van der Waals surface area contributed by atoms with Gasteiger partial charge in [0.15, 0.2) is 0 Å². The molecule has 2 nitrogen and oxygen atoms in total. The van der Waals surface area contributed by atoms with E-state index < -0.39 is 0 Å². The van der Waals surface area contributed by atoms with Crippen molar-refractivity contribution in [2.75, 3.05) is 13.2 Å². The van der Waals surface area contributed by atoms with E-state index in [-0.39, 0.29) is 5.41 Å². The van der Waals surface area contributed by atoms with Crippen molar-refractivity contribution < 1.29 is 4.74 Å². The van der Waals surface area contributed by atoms with Crippen LogP contribution in [0.4, 0.5) is 0 Å². The number of hydrogen-bond donors (Lipinski definition) is 1. The standard InChI is InChI=1S/C9H19NO/c1-7-6-11-8(5-10-7)9(2,3)4/h7-8,10H,5-6H2,1-4H3. The van der Waals surface area contributed by atoms with E-state index in [1.165, 1.54) is 0 Å². The highest BCUT2D eigenvalue weighted by atomic mass is 16.5. The molecular formula is C9H19NO. The highest BCUT2D eigenvalue weighted by Gasteiger charge is 2.28. The van der Waals surface area contributed by atoms with Crippen LogP contribution in [0.15, 0.2) is 0 Å². The first kappa shape index (κ1) is 9.01. The number of morpholine rings is 1. The molecule has 0 aliphatic carbocycles. The molecule has 1 aliphatic rings. The van der Waals surface area contributed by atoms with E-state index in [9.17, 15) is 0 Å². The molecule has 0 radical (unpaired) electrons. The molecule has 0 aromatic heterocycles. The molecule has 1 saturated heterocycles. The van der Waals surface area contributed by atoms with Gasteiger partial charge >= 0.3 is 0 Å². The van der Waals surface area contributed by atoms with Crippen LogP contribution in [-0.4, -0.2) is 25.3 Å². The van der Waals surface area contributed by atoms with Crippen LogP contribution in [0.1, 0.15) is 27.7 Å². The van der Waals surface area contributed by atoms with Crippen LogP contribution in [0.25, 0.3) is 0 Å². The Bertz CT molecular complexity index is 120. The third-order valence-electron chi connectivity index (χ3n) is 2.17. The van der Waals surface area contributed by atoms with Gasteiger partial charge in [0, 0.05) is 12.6 Å². The second kappa shape index (κ2) is 3.11. The van der Waals surface area contributed by atoms with Crippen LogP contribution in [0, 0.1) is 5.41 Å². The van der Waals surface area contributed by atoms with Crippen molar-refractivity contribution in [2.24, 2.45) is 5.41 Å². The topological polar surface area (TPSA) is 21.3 Å². The number of ether oxygens (including phenoxy) is 1. The average Bonchev–Trinajstić information content (AvgIpc) is 1.86. The van der Waals surface area contributed by atoms with Crippen molar-refractivity contribution in [3.05, 3.63) is 0 Å². The molecule has 1 fully saturated rings. The largest absolute Gasteiger partial charge is 0.375 e. The van der Waals surface area contributed by atoms with Gasteiger partial charge in [0.2, 0.25) is 0 Å². The van der Waals surface area contributed by atoms with E-state index in [2.05, 4.69) is 33.0 Å². The zero-order valence-corrected chi connectivity index (χ0v) is 7.98. The second-order valence-electron chi connectivity index (χ2n) is 4.50. The quantitative estimate of drug-likeness (QED) is 0.574. The maximum Gasteiger partial charge on any atom is 0.0748 e. The van der Waals surface area contributed by atoms with Gasteiger partial charge in [-0.1, -0.05) is 20.8 Å². The van der Waals surface area contributed by atoms with Gasteiger partial charge in [0.1, 0.15) is 0 Å². The van der Waals surface area contributed by atoms with Crippen molar-refractivity contribution in [2.45, 2.75) is 39.8 Å². The van der Waals surface area contributed by atoms with Gasteiger partial charge in [0.25, 0.3) is 0 Å². The lowest BCUT2D eigenvalue weighted by Crippen LogP contribution is -2.49. The highest BCUT2D eigenvalue weighted by Crippen LogP contribution is 2.23. The first-order chi connectivity index (χ1) is 5.00. The minimum atomic E-state index is 0.271. The van der Waals surface area contributed by atoms with Gasteiger partial charge in [-0.2, -0.15) is 0 Å². The Kier molecular flexibility index (Phi) is 2.55. The fourth-order valence-electron chi connectivity index (χ4n) is 1.24. The van der Waals surface area contributed by atoms with Gasteiger partial charge in [0.05, 0.1) is 12.7 Å². The lowest BCUT2D eigenvalue weighted by atomic mass is 9.88. The first-order valence-electron chi connectivity index (χ1n) is 4.35. The first-order valence-corrected chi connectivity index (χ1v) is 4.35. The minimum absolute atomic E-state index is 0.271. The van der Waals surface area contributed by atoms with Gasteiger partial charge in [-0.15, -0.1) is 0 Å². The summed E-state index contributed by atoms with van der Waals surface area (Å²) in [5, 5.41) is 3.41. The summed E-state index contributed by atoms with van der Waals surface area (Å²) >= 11 is 0. The Morgan fingerprint density at radius 2 is 2.00 bits per heavy atom. The van der Waals surface area contributed by atoms with Gasteiger partial charge in [-0.05, 0) is 12.3 Å². The summed E-state index contributed by atoms with van der Waals surface area (Å²) in [5.41, 5.74) is 0.271. The Balaban J connectivity index is 2.39. The maximum atomic E-state index is 5.69. The number of nitrogens with one attached hydrogen (secondary N) is 1. The lowest BCUT2D eigenvalue weighted by Gasteiger charge is -2.36. The van der Waals surface area contributed by atoms with Crippen molar-refractivity contribution in [1.82, 2.24) is 5.32 Å². The van der Waals surface area contributed by atoms with Crippen LogP contribution >= 0.6 is 0 Å². The summed E-state index contributed by atoms with van der Waals surface area (Å²) in [6, 6.07) is 0.522. The van der Waals surface area contributed by atoms with Crippen LogP contribution < -0.4 is 5.32 Å². The van der Waals surface area contributed by atoms with E-state index in [0.717, 1.165) is 13.2 Å². The fourth-order valence-corrected chi connectivity index (χ4v) is 1.24. The Morgan fingerprint density at radius 3 is 2.36 bits per heavy atom. The zero-order valence-electron chi connectivity index (χ0n) is 7.98. The predicted molar refractivity (Wildman–Crippen MR) is 46.7 cm³/mol. The molecular weight excluding hydrogens is 138 g/mol.